The quantitative estimate of drug-likeness (QED) is 0.463. The fourth-order valence-electron chi connectivity index (χ4n) is 2.05. The molecule has 0 heterocycles. The molecule has 1 atom stereocenters. The van der Waals surface area contributed by atoms with E-state index in [1.807, 2.05) is 6.07 Å². The number of para-hydroxylation sites is 1. The predicted molar refractivity (Wildman–Crippen MR) is 94.0 cm³/mol. The summed E-state index contributed by atoms with van der Waals surface area (Å²) in [5, 5.41) is 13.3. The first kappa shape index (κ1) is 18.9. The second kappa shape index (κ2) is 8.61. The van der Waals surface area contributed by atoms with Gasteiger partial charge in [0.25, 0.3) is 11.6 Å². The summed E-state index contributed by atoms with van der Waals surface area (Å²) in [5.74, 6) is -0.790. The van der Waals surface area contributed by atoms with Crippen molar-refractivity contribution in [1.82, 2.24) is 0 Å². The van der Waals surface area contributed by atoms with Crippen LogP contribution in [-0.2, 0) is 14.3 Å². The molecule has 0 aliphatic heterocycles. The van der Waals surface area contributed by atoms with Crippen LogP contribution in [0, 0.1) is 17.0 Å². The standard InChI is InChI=1S/C18H18N2O6/c1-12-8-9-14(20(23)24)10-16(12)19-17(21)11-25-18(22)13(2)26-15-6-4-3-5-7-15/h3-10,13H,11H2,1-2H3,(H,19,21)/t13-/m0/s1. The first-order chi connectivity index (χ1) is 12.4. The van der Waals surface area contributed by atoms with Crippen molar-refractivity contribution < 1.29 is 24.0 Å². The fourth-order valence-corrected chi connectivity index (χ4v) is 2.05. The van der Waals surface area contributed by atoms with Crippen LogP contribution in [0.1, 0.15) is 12.5 Å². The highest BCUT2D eigenvalue weighted by Gasteiger charge is 2.18. The number of nitrogens with one attached hydrogen (secondary N) is 1. The Labute approximate surface area is 149 Å². The molecule has 0 bridgehead atoms. The Balaban J connectivity index is 1.87. The molecule has 0 radical (unpaired) electrons. The van der Waals surface area contributed by atoms with Gasteiger partial charge in [-0.3, -0.25) is 14.9 Å². The summed E-state index contributed by atoms with van der Waals surface area (Å²) < 4.78 is 10.3. The molecular formula is C18H18N2O6. The molecule has 0 unspecified atom stereocenters. The zero-order valence-corrected chi connectivity index (χ0v) is 14.3. The number of non-ortho nitro benzene ring substituents is 1. The van der Waals surface area contributed by atoms with E-state index in [2.05, 4.69) is 5.32 Å². The number of aryl methyl sites for hydroxylation is 1. The number of anilines is 1. The molecule has 8 heteroatoms. The first-order valence-electron chi connectivity index (χ1n) is 7.80. The van der Waals surface area contributed by atoms with E-state index in [0.717, 1.165) is 0 Å². The minimum Gasteiger partial charge on any atom is -0.479 e. The third kappa shape index (κ3) is 5.30. The van der Waals surface area contributed by atoms with Crippen LogP contribution >= 0.6 is 0 Å². The lowest BCUT2D eigenvalue weighted by Gasteiger charge is -2.14. The van der Waals surface area contributed by atoms with E-state index in [9.17, 15) is 19.7 Å². The largest absolute Gasteiger partial charge is 0.479 e. The molecule has 1 amide bonds. The molecule has 2 rings (SSSR count). The third-order valence-corrected chi connectivity index (χ3v) is 3.44. The number of hydrogen-bond acceptors (Lipinski definition) is 6. The molecule has 136 valence electrons. The summed E-state index contributed by atoms with van der Waals surface area (Å²) in [7, 11) is 0. The molecule has 26 heavy (non-hydrogen) atoms. The van der Waals surface area contributed by atoms with Gasteiger partial charge in [0.1, 0.15) is 5.75 Å². The summed E-state index contributed by atoms with van der Waals surface area (Å²) in [6, 6.07) is 12.9. The number of nitro benzene ring substituents is 1. The molecule has 1 N–H and O–H groups in total. The van der Waals surface area contributed by atoms with Crippen LogP contribution in [0.5, 0.6) is 5.75 Å². The van der Waals surface area contributed by atoms with Gasteiger partial charge in [-0.1, -0.05) is 24.3 Å². The van der Waals surface area contributed by atoms with Gasteiger partial charge < -0.3 is 14.8 Å². The number of carbonyl (C=O) groups is 2. The predicted octanol–water partition coefficient (Wildman–Crippen LogP) is 2.85. The van der Waals surface area contributed by atoms with E-state index in [1.54, 1.807) is 31.2 Å². The van der Waals surface area contributed by atoms with E-state index in [1.165, 1.54) is 25.1 Å². The Morgan fingerprint density at radius 2 is 1.88 bits per heavy atom. The number of hydrogen-bond donors (Lipinski definition) is 1. The molecule has 8 nitrogen and oxygen atoms in total. The van der Waals surface area contributed by atoms with Gasteiger partial charge in [0.15, 0.2) is 12.7 Å². The topological polar surface area (TPSA) is 108 Å². The highest BCUT2D eigenvalue weighted by Crippen LogP contribution is 2.21. The van der Waals surface area contributed by atoms with Gasteiger partial charge in [0.2, 0.25) is 0 Å². The van der Waals surface area contributed by atoms with Crippen molar-refractivity contribution in [3.8, 4) is 5.75 Å². The van der Waals surface area contributed by atoms with Crippen molar-refractivity contribution >= 4 is 23.3 Å². The Kier molecular flexibility index (Phi) is 6.26. The lowest BCUT2D eigenvalue weighted by molar-refractivity contribution is -0.384. The SMILES string of the molecule is Cc1ccc([N+](=O)[O-])cc1NC(=O)COC(=O)[C@H](C)Oc1ccccc1. The number of ether oxygens (including phenoxy) is 2. The van der Waals surface area contributed by atoms with Gasteiger partial charge in [-0.25, -0.2) is 4.79 Å². The zero-order valence-electron chi connectivity index (χ0n) is 14.3. The van der Waals surface area contributed by atoms with Gasteiger partial charge in [-0.2, -0.15) is 0 Å². The van der Waals surface area contributed by atoms with Crippen LogP contribution in [0.3, 0.4) is 0 Å². The van der Waals surface area contributed by atoms with Crippen LogP contribution in [0.4, 0.5) is 11.4 Å². The monoisotopic (exact) mass is 358 g/mol. The minimum atomic E-state index is -0.884. The summed E-state index contributed by atoms with van der Waals surface area (Å²) >= 11 is 0. The van der Waals surface area contributed by atoms with Crippen molar-refractivity contribution in [2.24, 2.45) is 0 Å². The zero-order chi connectivity index (χ0) is 19.1. The average Bonchev–Trinajstić information content (AvgIpc) is 2.62. The van der Waals surface area contributed by atoms with Crippen LogP contribution < -0.4 is 10.1 Å². The van der Waals surface area contributed by atoms with Crippen molar-refractivity contribution in [1.29, 1.82) is 0 Å². The summed E-state index contributed by atoms with van der Waals surface area (Å²) in [5.41, 5.74) is 0.790. The van der Waals surface area contributed by atoms with E-state index in [4.69, 9.17) is 9.47 Å². The molecule has 0 saturated heterocycles. The Morgan fingerprint density at radius 3 is 2.54 bits per heavy atom. The smallest absolute Gasteiger partial charge is 0.347 e. The molecule has 0 saturated carbocycles. The van der Waals surface area contributed by atoms with Crippen LogP contribution in [0.25, 0.3) is 0 Å². The van der Waals surface area contributed by atoms with Gasteiger partial charge >= 0.3 is 5.97 Å². The lowest BCUT2D eigenvalue weighted by Crippen LogP contribution is -2.29. The number of benzene rings is 2. The Bertz CT molecular complexity index is 807. The molecular weight excluding hydrogens is 340 g/mol. The molecule has 0 spiro atoms. The number of carbonyl (C=O) groups excluding carboxylic acids is 2. The Morgan fingerprint density at radius 1 is 1.19 bits per heavy atom. The van der Waals surface area contributed by atoms with Gasteiger partial charge in [0.05, 0.1) is 10.6 Å². The van der Waals surface area contributed by atoms with Crippen molar-refractivity contribution in [3.05, 3.63) is 64.2 Å². The maximum absolute atomic E-state index is 11.9. The third-order valence-electron chi connectivity index (χ3n) is 3.44. The van der Waals surface area contributed by atoms with E-state index < -0.39 is 29.5 Å². The lowest BCUT2D eigenvalue weighted by atomic mass is 10.2. The van der Waals surface area contributed by atoms with Crippen molar-refractivity contribution in [3.63, 3.8) is 0 Å². The van der Waals surface area contributed by atoms with Gasteiger partial charge in [-0.15, -0.1) is 0 Å². The fraction of sp³-hybridized carbons (Fsp3) is 0.222. The number of rotatable bonds is 7. The number of esters is 1. The van der Waals surface area contributed by atoms with E-state index >= 15 is 0 Å². The number of nitro groups is 1. The average molecular weight is 358 g/mol. The van der Waals surface area contributed by atoms with E-state index in [0.29, 0.717) is 11.3 Å². The van der Waals surface area contributed by atoms with Gasteiger partial charge in [-0.05, 0) is 31.5 Å². The maximum Gasteiger partial charge on any atom is 0.347 e. The summed E-state index contributed by atoms with van der Waals surface area (Å²) in [4.78, 5) is 34.1. The first-order valence-corrected chi connectivity index (χ1v) is 7.80. The summed E-state index contributed by atoms with van der Waals surface area (Å²) in [6.45, 7) is 2.68. The Hall–Kier alpha value is -3.42. The second-order valence-electron chi connectivity index (χ2n) is 5.49. The molecule has 0 aliphatic carbocycles. The van der Waals surface area contributed by atoms with Crippen molar-refractivity contribution in [2.75, 3.05) is 11.9 Å². The molecule has 2 aromatic carbocycles. The molecule has 0 fully saturated rings. The van der Waals surface area contributed by atoms with Crippen LogP contribution in [0.2, 0.25) is 0 Å². The minimum absolute atomic E-state index is 0.146. The molecule has 0 aliphatic rings. The normalized spacial score (nSPS) is 11.3. The molecule has 2 aromatic rings. The number of amides is 1. The highest BCUT2D eigenvalue weighted by molar-refractivity contribution is 5.94. The molecule has 0 aromatic heterocycles. The second-order valence-corrected chi connectivity index (χ2v) is 5.49. The van der Waals surface area contributed by atoms with Crippen molar-refractivity contribution in [2.45, 2.75) is 20.0 Å². The number of nitrogens with zero attached hydrogens (tertiary/aromatic N) is 1. The summed E-state index contributed by atoms with van der Waals surface area (Å²) in [6.07, 6.45) is -0.884. The van der Waals surface area contributed by atoms with Crippen LogP contribution in [-0.4, -0.2) is 29.5 Å². The van der Waals surface area contributed by atoms with Crippen LogP contribution in [0.15, 0.2) is 48.5 Å². The van der Waals surface area contributed by atoms with E-state index in [-0.39, 0.29) is 11.4 Å². The maximum atomic E-state index is 11.9. The highest BCUT2D eigenvalue weighted by atomic mass is 16.6. The van der Waals surface area contributed by atoms with Gasteiger partial charge in [0, 0.05) is 12.1 Å².